The number of hydrogen-bond acceptors (Lipinski definition) is 4. The van der Waals surface area contributed by atoms with E-state index in [1.807, 2.05) is 20.0 Å². The molecule has 0 atom stereocenters. The Hall–Kier alpha value is -0.470. The predicted molar refractivity (Wildman–Crippen MR) is 88.0 cm³/mol. The Morgan fingerprint density at radius 3 is 2.62 bits per heavy atom. The van der Waals surface area contributed by atoms with E-state index in [1.54, 1.807) is 20.2 Å². The van der Waals surface area contributed by atoms with Crippen LogP contribution in [0, 0.1) is 6.92 Å². The Bertz CT molecular complexity index is 576. The Morgan fingerprint density at radius 1 is 1.38 bits per heavy atom. The van der Waals surface area contributed by atoms with Gasteiger partial charge in [0.05, 0.1) is 4.90 Å². The fraction of sp³-hybridized carbons (Fsp3) is 0.571. The summed E-state index contributed by atoms with van der Waals surface area (Å²) >= 11 is 3.44. The van der Waals surface area contributed by atoms with Gasteiger partial charge >= 0.3 is 0 Å². The van der Waals surface area contributed by atoms with Crippen molar-refractivity contribution in [3.05, 3.63) is 27.7 Å². The van der Waals surface area contributed by atoms with Crippen LogP contribution >= 0.6 is 15.9 Å². The van der Waals surface area contributed by atoms with Gasteiger partial charge in [-0.1, -0.05) is 15.9 Å². The lowest BCUT2D eigenvalue weighted by Crippen LogP contribution is -2.29. The number of nitrogens with zero attached hydrogens (tertiary/aromatic N) is 1. The minimum absolute atomic E-state index is 0.349. The monoisotopic (exact) mass is 378 g/mol. The van der Waals surface area contributed by atoms with E-state index >= 15 is 0 Å². The summed E-state index contributed by atoms with van der Waals surface area (Å²) in [6, 6.07) is 3.68. The van der Waals surface area contributed by atoms with Crippen molar-refractivity contribution in [3.63, 3.8) is 0 Å². The topological polar surface area (TPSA) is 58.6 Å². The molecule has 1 rings (SSSR count). The molecular formula is C14H23BrN2O3S. The molecule has 0 aliphatic heterocycles. The van der Waals surface area contributed by atoms with E-state index in [-0.39, 0.29) is 0 Å². The average Bonchev–Trinajstić information content (AvgIpc) is 2.42. The van der Waals surface area contributed by atoms with Gasteiger partial charge in [-0.2, -0.15) is 0 Å². The van der Waals surface area contributed by atoms with Crippen molar-refractivity contribution in [1.82, 2.24) is 9.62 Å². The lowest BCUT2D eigenvalue weighted by atomic mass is 10.1. The van der Waals surface area contributed by atoms with Gasteiger partial charge in [-0.25, -0.2) is 12.7 Å². The molecule has 0 radical (unpaired) electrons. The molecule has 0 aliphatic rings. The molecule has 0 fully saturated rings. The van der Waals surface area contributed by atoms with Gasteiger partial charge in [-0.05, 0) is 43.7 Å². The maximum absolute atomic E-state index is 12.7. The smallest absolute Gasteiger partial charge is 0.243 e. The summed E-state index contributed by atoms with van der Waals surface area (Å²) < 4.78 is 32.6. The first-order chi connectivity index (χ1) is 9.84. The third-order valence-electron chi connectivity index (χ3n) is 3.25. The molecular weight excluding hydrogens is 356 g/mol. The van der Waals surface area contributed by atoms with Gasteiger partial charge in [0.15, 0.2) is 0 Å². The summed E-state index contributed by atoms with van der Waals surface area (Å²) in [7, 11) is 1.55. The van der Waals surface area contributed by atoms with Crippen molar-refractivity contribution in [3.8, 4) is 0 Å². The number of benzene rings is 1. The lowest BCUT2D eigenvalue weighted by Gasteiger charge is -2.19. The van der Waals surface area contributed by atoms with Crippen LogP contribution in [0.1, 0.15) is 17.5 Å². The fourth-order valence-corrected chi connectivity index (χ4v) is 4.14. The second-order valence-electron chi connectivity index (χ2n) is 4.90. The summed E-state index contributed by atoms with van der Waals surface area (Å²) in [5.74, 6) is 0. The molecule has 0 unspecified atom stereocenters. The van der Waals surface area contributed by atoms with Crippen molar-refractivity contribution >= 4 is 26.0 Å². The van der Waals surface area contributed by atoms with Crippen LogP contribution in [-0.4, -0.2) is 47.1 Å². The SMILES string of the molecule is CNCc1cc(Br)c(C)c(S(=O)(=O)N(C)CCCOC)c1. The van der Waals surface area contributed by atoms with Gasteiger partial charge in [0.2, 0.25) is 10.0 Å². The third kappa shape index (κ3) is 4.75. The highest BCUT2D eigenvalue weighted by Gasteiger charge is 2.24. The second-order valence-corrected chi connectivity index (χ2v) is 7.77. The van der Waals surface area contributed by atoms with Crippen molar-refractivity contribution < 1.29 is 13.2 Å². The fourth-order valence-electron chi connectivity index (χ4n) is 2.00. The molecule has 5 nitrogen and oxygen atoms in total. The Balaban J connectivity index is 3.11. The van der Waals surface area contributed by atoms with Crippen LogP contribution in [0.5, 0.6) is 0 Å². The van der Waals surface area contributed by atoms with Gasteiger partial charge < -0.3 is 10.1 Å². The maximum Gasteiger partial charge on any atom is 0.243 e. The Kier molecular flexibility index (Phi) is 7.29. The molecule has 0 aliphatic carbocycles. The van der Waals surface area contributed by atoms with Crippen LogP contribution in [-0.2, 0) is 21.3 Å². The summed E-state index contributed by atoms with van der Waals surface area (Å²) in [5, 5.41) is 3.03. The molecule has 0 saturated carbocycles. The molecule has 0 bridgehead atoms. The van der Waals surface area contributed by atoms with E-state index in [0.29, 0.717) is 31.0 Å². The minimum atomic E-state index is -3.49. The zero-order valence-corrected chi connectivity index (χ0v) is 15.3. The maximum atomic E-state index is 12.7. The number of hydrogen-bond donors (Lipinski definition) is 1. The quantitative estimate of drug-likeness (QED) is 0.703. The molecule has 0 aromatic heterocycles. The molecule has 1 aromatic carbocycles. The molecule has 1 N–H and O–H groups in total. The normalized spacial score (nSPS) is 12.1. The summed E-state index contributed by atoms with van der Waals surface area (Å²) in [6.45, 7) is 3.41. The number of methoxy groups -OCH3 is 1. The molecule has 7 heteroatoms. The van der Waals surface area contributed by atoms with Crippen LogP contribution in [0.25, 0.3) is 0 Å². The largest absolute Gasteiger partial charge is 0.385 e. The summed E-state index contributed by atoms with van der Waals surface area (Å²) in [4.78, 5) is 0.349. The Labute approximate surface area is 135 Å². The van der Waals surface area contributed by atoms with Gasteiger partial charge in [0.1, 0.15) is 0 Å². The van der Waals surface area contributed by atoms with E-state index in [0.717, 1.165) is 15.6 Å². The first-order valence-corrected chi connectivity index (χ1v) is 8.96. The van der Waals surface area contributed by atoms with Crippen molar-refractivity contribution in [2.45, 2.75) is 24.8 Å². The molecule has 0 heterocycles. The van der Waals surface area contributed by atoms with Crippen LogP contribution in [0.15, 0.2) is 21.5 Å². The van der Waals surface area contributed by atoms with Crippen molar-refractivity contribution in [1.29, 1.82) is 0 Å². The lowest BCUT2D eigenvalue weighted by molar-refractivity contribution is 0.189. The average molecular weight is 379 g/mol. The molecule has 0 spiro atoms. The number of ether oxygens (including phenoxy) is 1. The molecule has 0 amide bonds. The van der Waals surface area contributed by atoms with E-state index in [1.165, 1.54) is 4.31 Å². The van der Waals surface area contributed by atoms with Gasteiger partial charge in [0.25, 0.3) is 0 Å². The highest BCUT2D eigenvalue weighted by atomic mass is 79.9. The summed E-state index contributed by atoms with van der Waals surface area (Å²) in [6.07, 6.45) is 0.669. The molecule has 21 heavy (non-hydrogen) atoms. The van der Waals surface area contributed by atoms with Gasteiger partial charge in [-0.15, -0.1) is 0 Å². The third-order valence-corrected chi connectivity index (χ3v) is 6.05. The van der Waals surface area contributed by atoms with Crippen LogP contribution < -0.4 is 5.32 Å². The highest BCUT2D eigenvalue weighted by molar-refractivity contribution is 9.10. The minimum Gasteiger partial charge on any atom is -0.385 e. The van der Waals surface area contributed by atoms with Crippen LogP contribution in [0.3, 0.4) is 0 Å². The highest BCUT2D eigenvalue weighted by Crippen LogP contribution is 2.27. The van der Waals surface area contributed by atoms with Crippen molar-refractivity contribution in [2.75, 3.05) is 34.4 Å². The van der Waals surface area contributed by atoms with Crippen molar-refractivity contribution in [2.24, 2.45) is 0 Å². The zero-order chi connectivity index (χ0) is 16.0. The molecule has 1 aromatic rings. The predicted octanol–water partition coefficient (Wildman–Crippen LogP) is 2.13. The molecule has 0 saturated heterocycles. The first kappa shape index (κ1) is 18.6. The molecule has 120 valence electrons. The van der Waals surface area contributed by atoms with Crippen LogP contribution in [0.4, 0.5) is 0 Å². The van der Waals surface area contributed by atoms with E-state index in [4.69, 9.17) is 4.74 Å². The zero-order valence-electron chi connectivity index (χ0n) is 12.9. The van der Waals surface area contributed by atoms with E-state index < -0.39 is 10.0 Å². The van der Waals surface area contributed by atoms with E-state index in [9.17, 15) is 8.42 Å². The summed E-state index contributed by atoms with van der Waals surface area (Å²) in [5.41, 5.74) is 1.66. The number of nitrogens with one attached hydrogen (secondary N) is 1. The number of sulfonamides is 1. The standard InChI is InChI=1S/C14H23BrN2O3S/c1-11-13(15)8-12(10-16-2)9-14(11)21(18,19)17(3)6-5-7-20-4/h8-9,16H,5-7,10H2,1-4H3. The number of halogens is 1. The number of rotatable bonds is 8. The van der Waals surface area contributed by atoms with E-state index in [2.05, 4.69) is 21.2 Å². The van der Waals surface area contributed by atoms with Gasteiger partial charge in [0, 0.05) is 38.3 Å². The Morgan fingerprint density at radius 2 is 2.05 bits per heavy atom. The second kappa shape index (κ2) is 8.24. The first-order valence-electron chi connectivity index (χ1n) is 6.73. The van der Waals surface area contributed by atoms with Crippen LogP contribution in [0.2, 0.25) is 0 Å². The van der Waals surface area contributed by atoms with Gasteiger partial charge in [-0.3, -0.25) is 0 Å².